The predicted molar refractivity (Wildman–Crippen MR) is 62.1 cm³/mol. The number of alkyl halides is 1. The summed E-state index contributed by atoms with van der Waals surface area (Å²) < 4.78 is 54.2. The molecule has 1 atom stereocenters. The van der Waals surface area contributed by atoms with Gasteiger partial charge in [0.25, 0.3) is 0 Å². The molecule has 0 amide bonds. The van der Waals surface area contributed by atoms with E-state index in [0.717, 1.165) is 12.1 Å². The lowest BCUT2D eigenvalue weighted by molar-refractivity contribution is 0.101. The van der Waals surface area contributed by atoms with Crippen LogP contribution < -0.4 is 0 Å². The van der Waals surface area contributed by atoms with Gasteiger partial charge in [0.05, 0.1) is 6.61 Å². The molecule has 0 fully saturated rings. The van der Waals surface area contributed by atoms with E-state index in [2.05, 4.69) is 0 Å². The van der Waals surface area contributed by atoms with Crippen LogP contribution in [0.5, 0.6) is 0 Å². The van der Waals surface area contributed by atoms with Crippen LogP contribution in [-0.2, 0) is 19.7 Å². The van der Waals surface area contributed by atoms with Crippen molar-refractivity contribution >= 4 is 9.53 Å². The van der Waals surface area contributed by atoms with Gasteiger partial charge in [0.15, 0.2) is 0 Å². The zero-order valence-corrected chi connectivity index (χ0v) is 11.3. The first-order chi connectivity index (χ1) is 8.56. The zero-order valence-electron chi connectivity index (χ0n) is 10.2. The topological polar surface area (TPSA) is 27.7 Å². The van der Waals surface area contributed by atoms with Crippen LogP contribution in [0.1, 0.15) is 5.56 Å². The normalized spacial score (nSPS) is 13.0. The second kappa shape index (κ2) is 7.52. The molecule has 0 bridgehead atoms. The molecule has 0 saturated carbocycles. The van der Waals surface area contributed by atoms with Crippen molar-refractivity contribution in [1.82, 2.24) is 0 Å². The summed E-state index contributed by atoms with van der Waals surface area (Å²) in [6.45, 7) is -0.241. The van der Waals surface area contributed by atoms with Gasteiger partial charge in [0.1, 0.15) is 17.8 Å². The van der Waals surface area contributed by atoms with Gasteiger partial charge in [-0.1, -0.05) is 6.07 Å². The fourth-order valence-corrected chi connectivity index (χ4v) is 2.23. The van der Waals surface area contributed by atoms with Gasteiger partial charge in [0, 0.05) is 26.7 Å². The molecular weight excluding hydrogens is 265 g/mol. The Morgan fingerprint density at radius 2 is 1.89 bits per heavy atom. The summed E-state index contributed by atoms with van der Waals surface area (Å²) in [5, 5.41) is 0. The van der Waals surface area contributed by atoms with Gasteiger partial charge in [0.2, 0.25) is 0 Å². The summed E-state index contributed by atoms with van der Waals surface area (Å²) in [5.41, 5.74) is 0.112. The van der Waals surface area contributed by atoms with Gasteiger partial charge in [-0.15, -0.1) is 0 Å². The highest BCUT2D eigenvalue weighted by Gasteiger charge is 2.17. The van der Waals surface area contributed by atoms with Crippen molar-refractivity contribution in [3.63, 3.8) is 0 Å². The van der Waals surface area contributed by atoms with Gasteiger partial charge in [-0.25, -0.2) is 13.2 Å². The van der Waals surface area contributed by atoms with Crippen LogP contribution in [0, 0.1) is 11.6 Å². The first-order valence-electron chi connectivity index (χ1n) is 5.32. The van der Waals surface area contributed by atoms with Crippen LogP contribution in [0.15, 0.2) is 18.2 Å². The molecule has 3 nitrogen and oxygen atoms in total. The monoisotopic (exact) mass is 280 g/mol. The Hall–Kier alpha value is -0.893. The van der Waals surface area contributed by atoms with Crippen molar-refractivity contribution in [3.05, 3.63) is 35.4 Å². The van der Waals surface area contributed by atoms with Gasteiger partial charge < -0.3 is 13.3 Å². The lowest BCUT2D eigenvalue weighted by atomic mass is 10.1. The average Bonchev–Trinajstić information content (AvgIpc) is 2.34. The van der Waals surface area contributed by atoms with Crippen molar-refractivity contribution in [2.75, 3.05) is 20.8 Å². The largest absolute Gasteiger partial charge is 0.483 e. The second-order valence-corrected chi connectivity index (χ2v) is 5.48. The molecule has 18 heavy (non-hydrogen) atoms. The van der Waals surface area contributed by atoms with E-state index in [1.54, 1.807) is 0 Å². The highest BCUT2D eigenvalue weighted by Crippen LogP contribution is 2.13. The van der Waals surface area contributed by atoms with E-state index >= 15 is 0 Å². The maximum Gasteiger partial charge on any atom is 0.483 e. The summed E-state index contributed by atoms with van der Waals surface area (Å²) in [4.78, 5) is 0. The quantitative estimate of drug-likeness (QED) is 0.714. The van der Waals surface area contributed by atoms with Crippen LogP contribution >= 0.6 is 0 Å². The van der Waals surface area contributed by atoms with E-state index < -0.39 is 27.3 Å². The Balaban J connectivity index is 2.46. The summed E-state index contributed by atoms with van der Waals surface area (Å²) in [5.74, 6) is -1.45. The highest BCUT2D eigenvalue weighted by molar-refractivity contribution is 6.36. The van der Waals surface area contributed by atoms with Crippen molar-refractivity contribution in [1.29, 1.82) is 0 Å². The SMILES string of the molecule is CO[SiH](OC)OCC(F)Cc1ccc(F)cc1F. The van der Waals surface area contributed by atoms with Gasteiger partial charge >= 0.3 is 9.53 Å². The third-order valence-corrected chi connectivity index (χ3v) is 3.49. The van der Waals surface area contributed by atoms with Crippen molar-refractivity contribution in [2.24, 2.45) is 0 Å². The number of hydrogen-bond donors (Lipinski definition) is 0. The molecule has 1 rings (SSSR count). The first kappa shape index (κ1) is 15.2. The van der Waals surface area contributed by atoms with E-state index in [0.29, 0.717) is 0 Å². The molecule has 1 unspecified atom stereocenters. The third kappa shape index (κ3) is 4.77. The maximum atomic E-state index is 13.5. The molecule has 0 N–H and O–H groups in total. The van der Waals surface area contributed by atoms with Crippen molar-refractivity contribution in [2.45, 2.75) is 12.6 Å². The zero-order chi connectivity index (χ0) is 13.5. The van der Waals surface area contributed by atoms with E-state index in [4.69, 9.17) is 13.3 Å². The standard InChI is InChI=1S/C11H15F3O3Si/c1-15-18(16-2)17-7-10(13)5-8-3-4-9(12)6-11(8)14/h3-4,6,10,18H,5,7H2,1-2H3. The summed E-state index contributed by atoms with van der Waals surface area (Å²) in [7, 11) is 0.550. The number of rotatable bonds is 7. The molecule has 0 aliphatic carbocycles. The molecule has 0 spiro atoms. The van der Waals surface area contributed by atoms with Gasteiger partial charge in [-0.05, 0) is 11.6 Å². The second-order valence-electron chi connectivity index (χ2n) is 3.63. The van der Waals surface area contributed by atoms with Crippen LogP contribution in [-0.4, -0.2) is 36.5 Å². The fraction of sp³-hybridized carbons (Fsp3) is 0.455. The highest BCUT2D eigenvalue weighted by atomic mass is 28.3. The molecular formula is C11H15F3O3Si. The minimum absolute atomic E-state index is 0.112. The van der Waals surface area contributed by atoms with Crippen molar-refractivity contribution in [3.8, 4) is 0 Å². The smallest absolute Gasteiger partial charge is 0.379 e. The minimum Gasteiger partial charge on any atom is -0.379 e. The fourth-order valence-electron chi connectivity index (χ4n) is 1.40. The molecule has 0 saturated heterocycles. The Morgan fingerprint density at radius 3 is 2.44 bits per heavy atom. The van der Waals surface area contributed by atoms with E-state index in [1.807, 2.05) is 0 Å². The molecule has 0 heterocycles. The molecule has 0 aliphatic rings. The Bertz CT molecular complexity index is 375. The lowest BCUT2D eigenvalue weighted by Crippen LogP contribution is -2.28. The number of halogens is 3. The molecule has 102 valence electrons. The van der Waals surface area contributed by atoms with E-state index in [-0.39, 0.29) is 18.6 Å². The number of benzene rings is 1. The van der Waals surface area contributed by atoms with Gasteiger partial charge in [-0.3, -0.25) is 0 Å². The van der Waals surface area contributed by atoms with Gasteiger partial charge in [-0.2, -0.15) is 0 Å². The summed E-state index contributed by atoms with van der Waals surface area (Å²) in [6, 6.07) is 3.04. The first-order valence-corrected chi connectivity index (χ1v) is 6.73. The Morgan fingerprint density at radius 1 is 1.22 bits per heavy atom. The Labute approximate surface area is 105 Å². The summed E-state index contributed by atoms with van der Waals surface area (Å²) in [6.07, 6.45) is -1.58. The summed E-state index contributed by atoms with van der Waals surface area (Å²) >= 11 is 0. The molecule has 0 aliphatic heterocycles. The molecule has 1 aromatic carbocycles. The number of hydrogen-bond acceptors (Lipinski definition) is 3. The van der Waals surface area contributed by atoms with Crippen LogP contribution in [0.4, 0.5) is 13.2 Å². The van der Waals surface area contributed by atoms with E-state index in [9.17, 15) is 13.2 Å². The predicted octanol–water partition coefficient (Wildman–Crippen LogP) is 1.87. The van der Waals surface area contributed by atoms with Crippen LogP contribution in [0.25, 0.3) is 0 Å². The third-order valence-electron chi connectivity index (χ3n) is 2.25. The Kier molecular flexibility index (Phi) is 6.34. The molecule has 0 aromatic heterocycles. The van der Waals surface area contributed by atoms with Crippen LogP contribution in [0.3, 0.4) is 0 Å². The average molecular weight is 280 g/mol. The molecule has 1 aromatic rings. The van der Waals surface area contributed by atoms with Crippen LogP contribution in [0.2, 0.25) is 0 Å². The molecule has 0 radical (unpaired) electrons. The van der Waals surface area contributed by atoms with Crippen molar-refractivity contribution < 1.29 is 26.4 Å². The van der Waals surface area contributed by atoms with E-state index in [1.165, 1.54) is 20.3 Å². The minimum atomic E-state index is -2.27. The maximum absolute atomic E-state index is 13.5. The lowest BCUT2D eigenvalue weighted by Gasteiger charge is -2.14. The molecule has 7 heteroatoms.